The third kappa shape index (κ3) is 3.16. The Balaban J connectivity index is 1.31. The minimum atomic E-state index is -2.61. The molecule has 0 aliphatic carbocycles. The second kappa shape index (κ2) is 7.80. The topological polar surface area (TPSA) is 210 Å². The average molecular weight is 528 g/mol. The van der Waals surface area contributed by atoms with E-state index in [1.165, 1.54) is 4.90 Å². The van der Waals surface area contributed by atoms with Gasteiger partial charge in [-0.05, 0) is 6.07 Å². The van der Waals surface area contributed by atoms with Gasteiger partial charge < -0.3 is 26.0 Å². The van der Waals surface area contributed by atoms with Gasteiger partial charge in [0.2, 0.25) is 17.6 Å². The van der Waals surface area contributed by atoms with Crippen LogP contribution in [0.15, 0.2) is 23.2 Å². The molecule has 202 valence electrons. The van der Waals surface area contributed by atoms with E-state index in [1.54, 1.807) is 12.1 Å². The van der Waals surface area contributed by atoms with E-state index in [0.717, 1.165) is 10.5 Å². The first-order valence-corrected chi connectivity index (χ1v) is 12.5. The molecule has 5 heterocycles. The largest absolute Gasteiger partial charge is 0.492 e. The zero-order chi connectivity index (χ0) is 27.2. The number of imide groups is 1. The van der Waals surface area contributed by atoms with Crippen molar-refractivity contribution in [3.8, 4) is 5.75 Å². The molecule has 14 nitrogen and oxygen atoms in total. The number of hydrogen-bond donors (Lipinski definition) is 7. The summed E-state index contributed by atoms with van der Waals surface area (Å²) >= 11 is 0. The Bertz CT molecular complexity index is 1310. The molecule has 0 radical (unpaired) electrons. The Morgan fingerprint density at radius 2 is 1.97 bits per heavy atom. The number of carbonyl (C=O) groups excluding carboxylic acids is 3. The predicted molar refractivity (Wildman–Crippen MR) is 131 cm³/mol. The number of guanidine groups is 2. The van der Waals surface area contributed by atoms with Crippen LogP contribution in [-0.4, -0.2) is 98.9 Å². The molecule has 3 amide bonds. The van der Waals surface area contributed by atoms with Crippen LogP contribution >= 0.6 is 0 Å². The van der Waals surface area contributed by atoms with Gasteiger partial charge >= 0.3 is 5.96 Å². The molecule has 1 aromatic carbocycles. The summed E-state index contributed by atoms with van der Waals surface area (Å²) in [5, 5.41) is 28.9. The second-order valence-corrected chi connectivity index (χ2v) is 11.1. The van der Waals surface area contributed by atoms with E-state index in [4.69, 9.17) is 16.2 Å². The predicted octanol–water partition coefficient (Wildman–Crippen LogP) is -4.64. The van der Waals surface area contributed by atoms with Crippen LogP contribution in [0.1, 0.15) is 42.6 Å². The summed E-state index contributed by atoms with van der Waals surface area (Å²) in [5.41, 5.74) is 11.5. The van der Waals surface area contributed by atoms with Crippen LogP contribution in [-0.2, 0) is 15.0 Å². The molecule has 5 aliphatic rings. The summed E-state index contributed by atoms with van der Waals surface area (Å²) < 4.78 is 5.83. The van der Waals surface area contributed by atoms with Gasteiger partial charge in [0.15, 0.2) is 12.0 Å². The van der Waals surface area contributed by atoms with E-state index in [2.05, 4.69) is 20.6 Å². The third-order valence-corrected chi connectivity index (χ3v) is 8.28. The van der Waals surface area contributed by atoms with Crippen LogP contribution in [0, 0.1) is 0 Å². The Kier molecular flexibility index (Phi) is 5.01. The smallest absolute Gasteiger partial charge is 0.343 e. The maximum absolute atomic E-state index is 13.4. The van der Waals surface area contributed by atoms with Crippen molar-refractivity contribution in [2.24, 2.45) is 16.5 Å². The summed E-state index contributed by atoms with van der Waals surface area (Å²) in [7, 11) is 0. The van der Waals surface area contributed by atoms with Crippen molar-refractivity contribution in [1.82, 2.24) is 20.4 Å². The Morgan fingerprint density at radius 1 is 1.26 bits per heavy atom. The number of likely N-dealkylation sites (tertiary alicyclic amines) is 1. The van der Waals surface area contributed by atoms with E-state index in [0.29, 0.717) is 12.4 Å². The number of nitrogens with zero attached hydrogens (tertiary/aromatic N) is 3. The molecular formula is C24H31N8O6+. The lowest BCUT2D eigenvalue weighted by Crippen LogP contribution is -2.90. The first kappa shape index (κ1) is 24.4. The quantitative estimate of drug-likeness (QED) is 0.147. The minimum Gasteiger partial charge on any atom is -0.492 e. The number of nitrogens with one attached hydrogen (secondary N) is 3. The number of carbonyl (C=O) groups is 3. The van der Waals surface area contributed by atoms with Gasteiger partial charge in [-0.2, -0.15) is 0 Å². The fourth-order valence-electron chi connectivity index (χ4n) is 6.31. The summed E-state index contributed by atoms with van der Waals surface area (Å²) in [6.07, 6.45) is 0.212. The van der Waals surface area contributed by atoms with Crippen LogP contribution in [0.4, 0.5) is 0 Å². The Hall–Kier alpha value is -3.91. The molecule has 2 saturated heterocycles. The molecule has 38 heavy (non-hydrogen) atoms. The van der Waals surface area contributed by atoms with Crippen LogP contribution in [0.2, 0.25) is 0 Å². The van der Waals surface area contributed by atoms with Crippen molar-refractivity contribution in [2.45, 2.75) is 61.7 Å². The number of benzene rings is 1. The highest BCUT2D eigenvalue weighted by Gasteiger charge is 2.76. The van der Waals surface area contributed by atoms with Gasteiger partial charge in [0, 0.05) is 23.8 Å². The number of nitrogens with two attached hydrogens (primary N) is 2. The van der Waals surface area contributed by atoms with Crippen LogP contribution < -0.4 is 31.8 Å². The first-order valence-electron chi connectivity index (χ1n) is 12.5. The number of amides is 3. The maximum atomic E-state index is 13.4. The lowest BCUT2D eigenvalue weighted by Gasteiger charge is -2.46. The van der Waals surface area contributed by atoms with Gasteiger partial charge in [-0.25, -0.2) is 10.3 Å². The monoisotopic (exact) mass is 527 g/mol. The second-order valence-electron chi connectivity index (χ2n) is 11.1. The Labute approximate surface area is 217 Å². The zero-order valence-electron chi connectivity index (χ0n) is 21.0. The minimum absolute atomic E-state index is 0.0323. The molecule has 0 aromatic heterocycles. The fourth-order valence-corrected chi connectivity index (χ4v) is 6.31. The van der Waals surface area contributed by atoms with Gasteiger partial charge in [-0.3, -0.25) is 34.9 Å². The molecule has 6 rings (SSSR count). The number of para-hydroxylation sites is 1. The lowest BCUT2D eigenvalue weighted by molar-refractivity contribution is -0.521. The third-order valence-electron chi connectivity index (χ3n) is 8.28. The number of ether oxygens (including phenoxy) is 1. The van der Waals surface area contributed by atoms with Gasteiger partial charge in [-0.15, -0.1) is 0 Å². The number of rotatable bonds is 4. The molecule has 1 aromatic rings. The normalized spacial score (nSPS) is 32.2. The summed E-state index contributed by atoms with van der Waals surface area (Å²) in [4.78, 5) is 48.0. The molecule has 4 atom stereocenters. The zero-order valence-corrected chi connectivity index (χ0v) is 21.0. The van der Waals surface area contributed by atoms with Crippen molar-refractivity contribution in [1.29, 1.82) is 0 Å². The van der Waals surface area contributed by atoms with Crippen molar-refractivity contribution in [3.63, 3.8) is 0 Å². The van der Waals surface area contributed by atoms with Crippen molar-refractivity contribution >= 4 is 29.6 Å². The molecular weight excluding hydrogens is 496 g/mol. The molecule has 2 fully saturated rings. The summed E-state index contributed by atoms with van der Waals surface area (Å²) in [5.74, 6) is -3.39. The Morgan fingerprint density at radius 3 is 2.68 bits per heavy atom. The molecule has 5 aliphatic heterocycles. The van der Waals surface area contributed by atoms with Gasteiger partial charge in [0.05, 0.1) is 25.3 Å². The average Bonchev–Trinajstić information content (AvgIpc) is 3.54. The molecule has 0 saturated carbocycles. The maximum Gasteiger partial charge on any atom is 0.343 e. The highest BCUT2D eigenvalue weighted by molar-refractivity contribution is 6.02. The highest BCUT2D eigenvalue weighted by Crippen LogP contribution is 2.43. The SMILES string of the molecule is CC1(C)COc2c(C(=O)NC3CN4C(N)=N[C@@H](CN5C(=O)CCC5=O)[C@@H]5[NH+]=C(N)NC54C3(O)O)cccc21. The van der Waals surface area contributed by atoms with Crippen molar-refractivity contribution in [2.75, 3.05) is 19.7 Å². The lowest BCUT2D eigenvalue weighted by atomic mass is 9.84. The summed E-state index contributed by atoms with van der Waals surface area (Å²) in [6, 6.07) is 2.30. The van der Waals surface area contributed by atoms with E-state index in [9.17, 15) is 24.6 Å². The van der Waals surface area contributed by atoms with E-state index >= 15 is 0 Å². The number of hydrogen-bond acceptors (Lipinski definition) is 11. The molecule has 1 spiro atoms. The molecule has 9 N–H and O–H groups in total. The summed E-state index contributed by atoms with van der Waals surface area (Å²) in [6.45, 7) is 4.23. The van der Waals surface area contributed by atoms with E-state index < -0.39 is 35.5 Å². The van der Waals surface area contributed by atoms with Crippen LogP contribution in [0.5, 0.6) is 5.75 Å². The van der Waals surface area contributed by atoms with Crippen LogP contribution in [0.25, 0.3) is 0 Å². The standard InChI is InChI=1S/C24H30N8O6/c1-22(2)10-38-17-11(4-3-5-12(17)22)19(35)28-14-9-32-21(26)27-13(8-31-15(33)6-7-16(31)34)18-23(32,24(14,36)37)30-20(25)29-18/h3-5,13-14,18,36-37H,6-10H2,1-2H3,(H2,26,27)(H,28,35)(H3,25,29,30)/p+1/t13-,14?,18-,23?/m0/s1. The van der Waals surface area contributed by atoms with Crippen molar-refractivity contribution in [3.05, 3.63) is 29.3 Å². The number of aliphatic imine (C=N–C) groups is 1. The van der Waals surface area contributed by atoms with Crippen molar-refractivity contribution < 1.29 is 34.3 Å². The van der Waals surface area contributed by atoms with E-state index in [1.807, 2.05) is 19.9 Å². The van der Waals surface area contributed by atoms with Gasteiger partial charge in [-0.1, -0.05) is 26.0 Å². The van der Waals surface area contributed by atoms with E-state index in [-0.39, 0.29) is 60.6 Å². The number of fused-ring (bicyclic) bond motifs is 1. The van der Waals surface area contributed by atoms with Gasteiger partial charge in [0.1, 0.15) is 17.8 Å². The molecule has 0 bridgehead atoms. The van der Waals surface area contributed by atoms with Crippen LogP contribution in [0.3, 0.4) is 0 Å². The molecule has 2 unspecified atom stereocenters. The molecule has 14 heteroatoms. The van der Waals surface area contributed by atoms with Gasteiger partial charge in [0.25, 0.3) is 11.6 Å². The first-order chi connectivity index (χ1) is 17.9. The number of aliphatic hydroxyl groups is 2. The fraction of sp³-hybridized carbons (Fsp3) is 0.542. The highest BCUT2D eigenvalue weighted by atomic mass is 16.5.